The van der Waals surface area contributed by atoms with Crippen LogP contribution in [0.4, 0.5) is 5.69 Å². The first-order valence-electron chi connectivity index (χ1n) is 5.26. The predicted molar refractivity (Wildman–Crippen MR) is 71.2 cm³/mol. The third-order valence-electron chi connectivity index (χ3n) is 2.33. The summed E-state index contributed by atoms with van der Waals surface area (Å²) in [6.45, 7) is 0. The summed E-state index contributed by atoms with van der Waals surface area (Å²) >= 11 is 1.67. The maximum absolute atomic E-state index is 5.59. The molecule has 2 rings (SSSR count). The fourth-order valence-corrected chi connectivity index (χ4v) is 2.28. The minimum atomic E-state index is 0.687. The zero-order chi connectivity index (χ0) is 12.1. The van der Waals surface area contributed by atoms with Crippen LogP contribution in [-0.2, 0) is 5.75 Å². The molecule has 0 atom stereocenters. The molecule has 88 valence electrons. The number of nitrogens with zero attached hydrogens (tertiary/aromatic N) is 1. The molecular weight excluding hydrogens is 232 g/mol. The maximum atomic E-state index is 5.59. The second-order valence-electron chi connectivity index (χ2n) is 3.53. The molecule has 4 heteroatoms. The van der Waals surface area contributed by atoms with E-state index in [1.807, 2.05) is 30.3 Å². The van der Waals surface area contributed by atoms with Crippen LogP contribution in [0.15, 0.2) is 47.6 Å². The number of benzene rings is 1. The van der Waals surface area contributed by atoms with Gasteiger partial charge in [0.15, 0.2) is 0 Å². The molecule has 1 aromatic carbocycles. The van der Waals surface area contributed by atoms with Gasteiger partial charge in [-0.3, -0.25) is 0 Å². The van der Waals surface area contributed by atoms with Crippen molar-refractivity contribution in [3.05, 3.63) is 48.2 Å². The van der Waals surface area contributed by atoms with Gasteiger partial charge in [-0.1, -0.05) is 18.2 Å². The van der Waals surface area contributed by atoms with Gasteiger partial charge in [0, 0.05) is 11.3 Å². The van der Waals surface area contributed by atoms with E-state index in [2.05, 4.69) is 11.1 Å². The lowest BCUT2D eigenvalue weighted by atomic mass is 10.2. The highest BCUT2D eigenvalue weighted by Crippen LogP contribution is 2.26. The van der Waals surface area contributed by atoms with E-state index in [9.17, 15) is 0 Å². The maximum Gasteiger partial charge on any atom is 0.122 e. The van der Waals surface area contributed by atoms with Crippen molar-refractivity contribution >= 4 is 17.4 Å². The molecular formula is C13H14N2OS. The number of para-hydroxylation sites is 1. The summed E-state index contributed by atoms with van der Waals surface area (Å²) in [4.78, 5) is 4.25. The Labute approximate surface area is 105 Å². The molecule has 2 aromatic rings. The molecule has 0 radical (unpaired) electrons. The molecule has 0 saturated heterocycles. The molecule has 1 heterocycles. The number of methoxy groups -OCH3 is 1. The Hall–Kier alpha value is -1.68. The number of nitrogens with two attached hydrogens (primary N) is 1. The highest BCUT2D eigenvalue weighted by molar-refractivity contribution is 7.98. The van der Waals surface area contributed by atoms with E-state index in [1.165, 1.54) is 5.56 Å². The Bertz CT molecular complexity index is 485. The van der Waals surface area contributed by atoms with Crippen LogP contribution >= 0.6 is 11.8 Å². The zero-order valence-corrected chi connectivity index (χ0v) is 10.4. The van der Waals surface area contributed by atoms with E-state index >= 15 is 0 Å². The second-order valence-corrected chi connectivity index (χ2v) is 4.53. The van der Waals surface area contributed by atoms with E-state index in [0.717, 1.165) is 16.5 Å². The van der Waals surface area contributed by atoms with Gasteiger partial charge in [-0.15, -0.1) is 11.8 Å². The van der Waals surface area contributed by atoms with Crippen LogP contribution in [0.25, 0.3) is 0 Å². The molecule has 0 bridgehead atoms. The van der Waals surface area contributed by atoms with Crippen LogP contribution in [0.2, 0.25) is 0 Å². The Kier molecular flexibility index (Phi) is 3.88. The summed E-state index contributed by atoms with van der Waals surface area (Å²) in [6.07, 6.45) is 1.67. The Balaban J connectivity index is 2.04. The topological polar surface area (TPSA) is 48.1 Å². The lowest BCUT2D eigenvalue weighted by Crippen LogP contribution is -1.90. The number of thioether (sulfide) groups is 1. The predicted octanol–water partition coefficient (Wildman–Crippen LogP) is 2.96. The van der Waals surface area contributed by atoms with Crippen molar-refractivity contribution in [3.63, 3.8) is 0 Å². The summed E-state index contributed by atoms with van der Waals surface area (Å²) in [5, 5.41) is 0.963. The number of anilines is 1. The SMILES string of the molecule is COc1ccccc1CSc1ccc(N)cn1. The quantitative estimate of drug-likeness (QED) is 0.843. The third-order valence-corrected chi connectivity index (χ3v) is 3.32. The van der Waals surface area contributed by atoms with Gasteiger partial charge in [-0.05, 0) is 18.2 Å². The zero-order valence-electron chi connectivity index (χ0n) is 9.59. The van der Waals surface area contributed by atoms with Gasteiger partial charge < -0.3 is 10.5 Å². The van der Waals surface area contributed by atoms with Gasteiger partial charge in [0.05, 0.1) is 24.0 Å². The van der Waals surface area contributed by atoms with Crippen LogP contribution in [0, 0.1) is 0 Å². The third kappa shape index (κ3) is 3.14. The van der Waals surface area contributed by atoms with Gasteiger partial charge in [0.2, 0.25) is 0 Å². The molecule has 3 nitrogen and oxygen atoms in total. The number of rotatable bonds is 4. The average Bonchev–Trinajstić information content (AvgIpc) is 2.38. The molecule has 0 saturated carbocycles. The molecule has 1 aromatic heterocycles. The highest BCUT2D eigenvalue weighted by atomic mass is 32.2. The van der Waals surface area contributed by atoms with E-state index in [0.29, 0.717) is 5.69 Å². The molecule has 0 aliphatic carbocycles. The van der Waals surface area contributed by atoms with Crippen LogP contribution < -0.4 is 10.5 Å². The van der Waals surface area contributed by atoms with Crippen LogP contribution in [0.1, 0.15) is 5.56 Å². The first-order chi connectivity index (χ1) is 8.29. The van der Waals surface area contributed by atoms with Gasteiger partial charge >= 0.3 is 0 Å². The monoisotopic (exact) mass is 246 g/mol. The van der Waals surface area contributed by atoms with E-state index in [4.69, 9.17) is 10.5 Å². The van der Waals surface area contributed by atoms with E-state index in [-0.39, 0.29) is 0 Å². The van der Waals surface area contributed by atoms with Gasteiger partial charge in [0.25, 0.3) is 0 Å². The normalized spacial score (nSPS) is 10.2. The number of hydrogen-bond acceptors (Lipinski definition) is 4. The summed E-state index contributed by atoms with van der Waals surface area (Å²) in [5.74, 6) is 1.75. The first-order valence-corrected chi connectivity index (χ1v) is 6.24. The fraction of sp³-hybridized carbons (Fsp3) is 0.154. The van der Waals surface area contributed by atoms with Gasteiger partial charge in [-0.2, -0.15) is 0 Å². The standard InChI is InChI=1S/C13H14N2OS/c1-16-12-5-3-2-4-10(12)9-17-13-7-6-11(14)8-15-13/h2-8H,9,14H2,1H3. The van der Waals surface area contributed by atoms with Gasteiger partial charge in [0.1, 0.15) is 5.75 Å². The molecule has 2 N–H and O–H groups in total. The molecule has 0 amide bonds. The summed E-state index contributed by atoms with van der Waals surface area (Å²) < 4.78 is 5.30. The summed E-state index contributed by atoms with van der Waals surface area (Å²) in [7, 11) is 1.69. The average molecular weight is 246 g/mol. The summed E-state index contributed by atoms with van der Waals surface area (Å²) in [5.41, 5.74) is 7.44. The Morgan fingerprint density at radius 1 is 1.24 bits per heavy atom. The summed E-state index contributed by atoms with van der Waals surface area (Å²) in [6, 6.07) is 11.8. The number of ether oxygens (including phenoxy) is 1. The van der Waals surface area contributed by atoms with Crippen molar-refractivity contribution in [3.8, 4) is 5.75 Å². The Morgan fingerprint density at radius 3 is 2.76 bits per heavy atom. The largest absolute Gasteiger partial charge is 0.496 e. The smallest absolute Gasteiger partial charge is 0.122 e. The number of nitrogen functional groups attached to an aromatic ring is 1. The van der Waals surface area contributed by atoms with Crippen molar-refractivity contribution in [2.75, 3.05) is 12.8 Å². The Morgan fingerprint density at radius 2 is 2.06 bits per heavy atom. The van der Waals surface area contributed by atoms with Crippen molar-refractivity contribution in [1.82, 2.24) is 4.98 Å². The minimum Gasteiger partial charge on any atom is -0.496 e. The number of aromatic nitrogens is 1. The second kappa shape index (κ2) is 5.59. The lowest BCUT2D eigenvalue weighted by Gasteiger charge is -2.07. The van der Waals surface area contributed by atoms with Gasteiger partial charge in [-0.25, -0.2) is 4.98 Å². The molecule has 0 spiro atoms. The van der Waals surface area contributed by atoms with Crippen LogP contribution in [-0.4, -0.2) is 12.1 Å². The van der Waals surface area contributed by atoms with Crippen LogP contribution in [0.5, 0.6) is 5.75 Å². The van der Waals surface area contributed by atoms with Crippen molar-refractivity contribution in [1.29, 1.82) is 0 Å². The number of hydrogen-bond donors (Lipinski definition) is 1. The van der Waals surface area contributed by atoms with Crippen molar-refractivity contribution in [2.24, 2.45) is 0 Å². The molecule has 0 aliphatic rings. The molecule has 17 heavy (non-hydrogen) atoms. The van der Waals surface area contributed by atoms with Crippen molar-refractivity contribution < 1.29 is 4.74 Å². The van der Waals surface area contributed by atoms with Crippen molar-refractivity contribution in [2.45, 2.75) is 10.8 Å². The van der Waals surface area contributed by atoms with E-state index < -0.39 is 0 Å². The van der Waals surface area contributed by atoms with Crippen LogP contribution in [0.3, 0.4) is 0 Å². The molecule has 0 unspecified atom stereocenters. The molecule has 0 fully saturated rings. The number of pyridine rings is 1. The highest BCUT2D eigenvalue weighted by Gasteiger charge is 2.03. The van der Waals surface area contributed by atoms with E-state index in [1.54, 1.807) is 25.1 Å². The fourth-order valence-electron chi connectivity index (χ4n) is 1.45. The minimum absolute atomic E-state index is 0.687. The first kappa shape index (κ1) is 11.8. The molecule has 0 aliphatic heterocycles. The lowest BCUT2D eigenvalue weighted by molar-refractivity contribution is 0.411.